The normalized spacial score (nSPS) is 18.6. The predicted molar refractivity (Wildman–Crippen MR) is 109 cm³/mol. The fourth-order valence-corrected chi connectivity index (χ4v) is 5.99. The number of carbonyl (C=O) groups excluding carboxylic acids is 1. The van der Waals surface area contributed by atoms with E-state index in [4.69, 9.17) is 0 Å². The minimum Gasteiger partial charge on any atom is -0.301 e. The first kappa shape index (κ1) is 18.5. The van der Waals surface area contributed by atoms with E-state index < -0.39 is 16.1 Å². The summed E-state index contributed by atoms with van der Waals surface area (Å²) >= 11 is 2.86. The molecule has 10 heteroatoms. The topological polar surface area (TPSA) is 92.3 Å². The molecule has 3 heterocycles. The Hall–Kier alpha value is -1.88. The van der Waals surface area contributed by atoms with E-state index in [2.05, 4.69) is 15.3 Å². The summed E-state index contributed by atoms with van der Waals surface area (Å²) in [5, 5.41) is 5.87. The van der Waals surface area contributed by atoms with Crippen molar-refractivity contribution in [2.24, 2.45) is 0 Å². The molecule has 27 heavy (non-hydrogen) atoms. The number of rotatable bonds is 4. The largest absolute Gasteiger partial charge is 0.301 e. The number of hydrogen-bond donors (Lipinski definition) is 1. The number of piperidine rings is 1. The Morgan fingerprint density at radius 2 is 2.07 bits per heavy atom. The van der Waals surface area contributed by atoms with Crippen LogP contribution in [0.3, 0.4) is 0 Å². The standard InChI is InChI=1S/C17H18N4O3S3/c1-27(23,24)21-9-5-4-7-13(21)15(22)20-17-19-12(10-25-17)16-18-11-6-2-3-8-14(11)26-16/h2-3,6,8,10,13H,4-5,7,9H2,1H3,(H,19,20,22)/t13-/m0/s1. The molecular formula is C17H18N4O3S3. The molecular weight excluding hydrogens is 404 g/mol. The molecule has 1 aliphatic rings. The van der Waals surface area contributed by atoms with Crippen LogP contribution in [0.2, 0.25) is 0 Å². The summed E-state index contributed by atoms with van der Waals surface area (Å²) in [7, 11) is -3.42. The van der Waals surface area contributed by atoms with E-state index in [1.807, 2.05) is 29.6 Å². The second-order valence-corrected chi connectivity index (χ2v) is 10.2. The zero-order chi connectivity index (χ0) is 19.0. The highest BCUT2D eigenvalue weighted by atomic mass is 32.2. The van der Waals surface area contributed by atoms with Crippen molar-refractivity contribution in [1.29, 1.82) is 0 Å². The number of benzene rings is 1. The molecule has 4 rings (SSSR count). The minimum atomic E-state index is -3.42. The van der Waals surface area contributed by atoms with E-state index in [9.17, 15) is 13.2 Å². The molecule has 1 atom stereocenters. The molecule has 1 saturated heterocycles. The summed E-state index contributed by atoms with van der Waals surface area (Å²) in [5.41, 5.74) is 1.63. The molecule has 0 unspecified atom stereocenters. The number of para-hydroxylation sites is 1. The second kappa shape index (κ2) is 7.27. The summed E-state index contributed by atoms with van der Waals surface area (Å²) in [6.45, 7) is 0.381. The molecule has 2 aromatic heterocycles. The van der Waals surface area contributed by atoms with Crippen LogP contribution in [0.4, 0.5) is 5.13 Å². The Morgan fingerprint density at radius 1 is 1.26 bits per heavy atom. The number of nitrogens with one attached hydrogen (secondary N) is 1. The number of hydrogen-bond acceptors (Lipinski definition) is 7. The van der Waals surface area contributed by atoms with Crippen molar-refractivity contribution in [2.45, 2.75) is 25.3 Å². The monoisotopic (exact) mass is 422 g/mol. The lowest BCUT2D eigenvalue weighted by atomic mass is 10.0. The summed E-state index contributed by atoms with van der Waals surface area (Å²) < 4.78 is 26.3. The highest BCUT2D eigenvalue weighted by molar-refractivity contribution is 7.88. The molecule has 1 amide bonds. The lowest BCUT2D eigenvalue weighted by molar-refractivity contribution is -0.120. The quantitative estimate of drug-likeness (QED) is 0.697. The van der Waals surface area contributed by atoms with Crippen molar-refractivity contribution in [3.63, 3.8) is 0 Å². The third kappa shape index (κ3) is 3.88. The van der Waals surface area contributed by atoms with Crippen molar-refractivity contribution in [2.75, 3.05) is 18.1 Å². The number of anilines is 1. The highest BCUT2D eigenvalue weighted by Gasteiger charge is 2.34. The van der Waals surface area contributed by atoms with Gasteiger partial charge >= 0.3 is 0 Å². The molecule has 0 bridgehead atoms. The van der Waals surface area contributed by atoms with Crippen molar-refractivity contribution in [1.82, 2.24) is 14.3 Å². The molecule has 0 saturated carbocycles. The van der Waals surface area contributed by atoms with Gasteiger partial charge in [0.25, 0.3) is 0 Å². The SMILES string of the molecule is CS(=O)(=O)N1CCCC[C@H]1C(=O)Nc1nc(-c2nc3ccccc3s2)cs1. The van der Waals surface area contributed by atoms with Gasteiger partial charge in [-0.15, -0.1) is 22.7 Å². The molecule has 0 spiro atoms. The van der Waals surface area contributed by atoms with E-state index in [1.165, 1.54) is 15.6 Å². The third-order valence-corrected chi connectivity index (χ3v) is 7.54. The maximum Gasteiger partial charge on any atom is 0.244 e. The van der Waals surface area contributed by atoms with E-state index in [0.29, 0.717) is 23.8 Å². The maximum atomic E-state index is 12.6. The van der Waals surface area contributed by atoms with Gasteiger partial charge in [0.2, 0.25) is 15.9 Å². The predicted octanol–water partition coefficient (Wildman–Crippen LogP) is 3.17. The van der Waals surface area contributed by atoms with Gasteiger partial charge in [0.1, 0.15) is 16.7 Å². The first-order valence-electron chi connectivity index (χ1n) is 8.51. The zero-order valence-electron chi connectivity index (χ0n) is 14.6. The highest BCUT2D eigenvalue weighted by Crippen LogP contribution is 2.32. The van der Waals surface area contributed by atoms with E-state index in [1.54, 1.807) is 11.3 Å². The second-order valence-electron chi connectivity index (χ2n) is 6.40. The molecule has 0 aliphatic carbocycles. The summed E-state index contributed by atoms with van der Waals surface area (Å²) in [6.07, 6.45) is 3.27. The summed E-state index contributed by atoms with van der Waals surface area (Å²) in [4.78, 5) is 21.7. The van der Waals surface area contributed by atoms with E-state index >= 15 is 0 Å². The van der Waals surface area contributed by atoms with Crippen LogP contribution in [-0.4, -0.2) is 47.4 Å². The molecule has 1 aliphatic heterocycles. The van der Waals surface area contributed by atoms with Gasteiger partial charge in [0.15, 0.2) is 5.13 Å². The van der Waals surface area contributed by atoms with Crippen LogP contribution in [0.1, 0.15) is 19.3 Å². The first-order chi connectivity index (χ1) is 12.9. The average molecular weight is 423 g/mol. The minimum absolute atomic E-state index is 0.328. The van der Waals surface area contributed by atoms with Crippen molar-refractivity contribution in [3.05, 3.63) is 29.6 Å². The van der Waals surface area contributed by atoms with Gasteiger partial charge in [-0.3, -0.25) is 4.79 Å². The first-order valence-corrected chi connectivity index (χ1v) is 12.1. The van der Waals surface area contributed by atoms with E-state index in [0.717, 1.165) is 34.3 Å². The van der Waals surface area contributed by atoms with Gasteiger partial charge in [-0.25, -0.2) is 18.4 Å². The van der Waals surface area contributed by atoms with Gasteiger partial charge in [0.05, 0.1) is 16.5 Å². The number of sulfonamides is 1. The van der Waals surface area contributed by atoms with Crippen molar-refractivity contribution >= 4 is 54.0 Å². The van der Waals surface area contributed by atoms with Crippen LogP contribution in [0, 0.1) is 0 Å². The average Bonchev–Trinajstić information content (AvgIpc) is 3.27. The number of carbonyl (C=O) groups is 1. The lowest BCUT2D eigenvalue weighted by Gasteiger charge is -2.32. The molecule has 1 fully saturated rings. The zero-order valence-corrected chi connectivity index (χ0v) is 17.0. The molecule has 1 aromatic carbocycles. The number of aromatic nitrogens is 2. The van der Waals surface area contributed by atoms with Gasteiger partial charge < -0.3 is 5.32 Å². The van der Waals surface area contributed by atoms with Gasteiger partial charge in [-0.2, -0.15) is 4.31 Å². The Balaban J connectivity index is 1.52. The van der Waals surface area contributed by atoms with Gasteiger partial charge in [-0.1, -0.05) is 18.6 Å². The molecule has 0 radical (unpaired) electrons. The van der Waals surface area contributed by atoms with Crippen LogP contribution >= 0.6 is 22.7 Å². The summed E-state index contributed by atoms with van der Waals surface area (Å²) in [5.74, 6) is -0.328. The lowest BCUT2D eigenvalue weighted by Crippen LogP contribution is -2.49. The fraction of sp³-hybridized carbons (Fsp3) is 0.353. The summed E-state index contributed by atoms with van der Waals surface area (Å²) in [6, 6.07) is 7.19. The Labute approximate surface area is 165 Å². The third-order valence-electron chi connectivity index (χ3n) is 4.43. The number of amides is 1. The van der Waals surface area contributed by atoms with Gasteiger partial charge in [0, 0.05) is 11.9 Å². The Morgan fingerprint density at radius 3 is 2.85 bits per heavy atom. The van der Waals surface area contributed by atoms with E-state index in [-0.39, 0.29) is 5.91 Å². The number of thiazole rings is 2. The van der Waals surface area contributed by atoms with Crippen LogP contribution in [0.5, 0.6) is 0 Å². The van der Waals surface area contributed by atoms with Crippen LogP contribution in [0.25, 0.3) is 20.9 Å². The molecule has 1 N–H and O–H groups in total. The van der Waals surface area contributed by atoms with Crippen molar-refractivity contribution < 1.29 is 13.2 Å². The van der Waals surface area contributed by atoms with Crippen LogP contribution < -0.4 is 5.32 Å². The van der Waals surface area contributed by atoms with Crippen molar-refractivity contribution in [3.8, 4) is 10.7 Å². The Kier molecular flexibility index (Phi) is 4.97. The van der Waals surface area contributed by atoms with Crippen LogP contribution in [0.15, 0.2) is 29.6 Å². The Bertz CT molecular complexity index is 1060. The molecule has 7 nitrogen and oxygen atoms in total. The molecule has 142 valence electrons. The fourth-order valence-electron chi connectivity index (χ4n) is 3.16. The van der Waals surface area contributed by atoms with Gasteiger partial charge in [-0.05, 0) is 25.0 Å². The molecule has 3 aromatic rings. The number of nitrogens with zero attached hydrogens (tertiary/aromatic N) is 3. The maximum absolute atomic E-state index is 12.6. The number of fused-ring (bicyclic) bond motifs is 1. The van der Waals surface area contributed by atoms with Crippen LogP contribution in [-0.2, 0) is 14.8 Å². The smallest absolute Gasteiger partial charge is 0.244 e.